The molecule has 0 aliphatic carbocycles. The van der Waals surface area contributed by atoms with E-state index in [9.17, 15) is 4.79 Å². The van der Waals surface area contributed by atoms with E-state index in [1.54, 1.807) is 38.5 Å². The molecule has 0 unspecified atom stereocenters. The number of aromatic nitrogens is 5. The summed E-state index contributed by atoms with van der Waals surface area (Å²) in [6.07, 6.45) is 3.63. The summed E-state index contributed by atoms with van der Waals surface area (Å²) in [4.78, 5) is 30.7. The Morgan fingerprint density at radius 1 is 1.08 bits per heavy atom. The number of thiazole rings is 1. The van der Waals surface area contributed by atoms with E-state index in [0.717, 1.165) is 31.8 Å². The lowest BCUT2D eigenvalue weighted by Crippen LogP contribution is -2.26. The first-order chi connectivity index (χ1) is 17.5. The molecule has 0 saturated heterocycles. The molecular formula is C26H26N6O2S2. The third-order valence-corrected chi connectivity index (χ3v) is 7.75. The van der Waals surface area contributed by atoms with Crippen LogP contribution in [0.15, 0.2) is 70.6 Å². The van der Waals surface area contributed by atoms with Gasteiger partial charge in [0.2, 0.25) is 5.95 Å². The Morgan fingerprint density at radius 2 is 1.92 bits per heavy atom. The number of nitrogens with zero attached hydrogens (tertiary/aromatic N) is 5. The minimum atomic E-state index is -0.137. The highest BCUT2D eigenvalue weighted by molar-refractivity contribution is 7.98. The maximum atomic E-state index is 13.7. The van der Waals surface area contributed by atoms with E-state index in [0.29, 0.717) is 30.0 Å². The summed E-state index contributed by atoms with van der Waals surface area (Å²) in [6, 6.07) is 16.1. The van der Waals surface area contributed by atoms with Crippen molar-refractivity contribution in [2.75, 3.05) is 5.48 Å². The van der Waals surface area contributed by atoms with Gasteiger partial charge in [-0.3, -0.25) is 18.9 Å². The van der Waals surface area contributed by atoms with Gasteiger partial charge in [0.1, 0.15) is 6.61 Å². The Labute approximate surface area is 216 Å². The number of hydrogen-bond acceptors (Lipinski definition) is 8. The van der Waals surface area contributed by atoms with Crippen LogP contribution in [0, 0.1) is 13.8 Å². The van der Waals surface area contributed by atoms with Crippen molar-refractivity contribution in [3.8, 4) is 0 Å². The third kappa shape index (κ3) is 5.51. The van der Waals surface area contributed by atoms with Crippen LogP contribution in [0.5, 0.6) is 0 Å². The summed E-state index contributed by atoms with van der Waals surface area (Å²) in [6.45, 7) is 4.58. The van der Waals surface area contributed by atoms with E-state index in [1.165, 1.54) is 5.56 Å². The average Bonchev–Trinajstić information content (AvgIpc) is 3.44. The van der Waals surface area contributed by atoms with E-state index in [1.807, 2.05) is 63.5 Å². The molecule has 10 heteroatoms. The summed E-state index contributed by atoms with van der Waals surface area (Å²) in [5.41, 5.74) is 6.47. The minimum absolute atomic E-state index is 0.137. The SMILES string of the molecule is Cc1nc(C)c(CONc2nc3ccc(SCc4ccccc4)cc3c(=O)n2Cc2cnn(C)c2)s1. The summed E-state index contributed by atoms with van der Waals surface area (Å²) in [5, 5.41) is 5.79. The van der Waals surface area contributed by atoms with Crippen LogP contribution in [0.3, 0.4) is 0 Å². The smallest absolute Gasteiger partial charge is 0.263 e. The zero-order valence-corrected chi connectivity index (χ0v) is 21.9. The Morgan fingerprint density at radius 3 is 2.64 bits per heavy atom. The Kier molecular flexibility index (Phi) is 7.17. The van der Waals surface area contributed by atoms with Crippen molar-refractivity contribution in [2.24, 2.45) is 7.05 Å². The molecule has 0 spiro atoms. The maximum Gasteiger partial charge on any atom is 0.263 e. The van der Waals surface area contributed by atoms with Gasteiger partial charge >= 0.3 is 0 Å². The maximum absolute atomic E-state index is 13.7. The number of rotatable bonds is 9. The Hall–Kier alpha value is -3.47. The first-order valence-electron chi connectivity index (χ1n) is 11.5. The highest BCUT2D eigenvalue weighted by Crippen LogP contribution is 2.26. The molecule has 0 fully saturated rings. The summed E-state index contributed by atoms with van der Waals surface area (Å²) in [5.74, 6) is 1.17. The lowest BCUT2D eigenvalue weighted by molar-refractivity contribution is 0.177. The number of aryl methyl sites for hydroxylation is 3. The molecule has 8 nitrogen and oxygen atoms in total. The quantitative estimate of drug-likeness (QED) is 0.215. The van der Waals surface area contributed by atoms with Gasteiger partial charge in [0.15, 0.2) is 0 Å². The van der Waals surface area contributed by atoms with Gasteiger partial charge in [-0.2, -0.15) is 5.10 Å². The molecule has 0 saturated carbocycles. The molecule has 184 valence electrons. The van der Waals surface area contributed by atoms with Crippen molar-refractivity contribution < 1.29 is 4.84 Å². The number of fused-ring (bicyclic) bond motifs is 1. The fourth-order valence-corrected chi connectivity index (χ4v) is 5.61. The Bertz CT molecular complexity index is 1560. The predicted molar refractivity (Wildman–Crippen MR) is 144 cm³/mol. The van der Waals surface area contributed by atoms with Crippen LogP contribution in [-0.4, -0.2) is 24.3 Å². The van der Waals surface area contributed by atoms with Crippen molar-refractivity contribution in [3.63, 3.8) is 0 Å². The molecule has 5 aromatic rings. The first kappa shape index (κ1) is 24.2. The lowest BCUT2D eigenvalue weighted by Gasteiger charge is -2.14. The molecular weight excluding hydrogens is 492 g/mol. The van der Waals surface area contributed by atoms with Crippen molar-refractivity contribution >= 4 is 39.9 Å². The average molecular weight is 519 g/mol. The molecule has 3 heterocycles. The van der Waals surface area contributed by atoms with Crippen LogP contribution in [0.2, 0.25) is 0 Å². The number of nitrogens with one attached hydrogen (secondary N) is 1. The van der Waals surface area contributed by atoms with E-state index in [4.69, 9.17) is 9.82 Å². The van der Waals surface area contributed by atoms with Gasteiger partial charge in [-0.25, -0.2) is 15.4 Å². The van der Waals surface area contributed by atoms with E-state index in [2.05, 4.69) is 27.7 Å². The van der Waals surface area contributed by atoms with Crippen molar-refractivity contribution in [1.29, 1.82) is 0 Å². The predicted octanol–water partition coefficient (Wildman–Crippen LogP) is 5.09. The second kappa shape index (κ2) is 10.7. The summed E-state index contributed by atoms with van der Waals surface area (Å²) < 4.78 is 3.31. The van der Waals surface area contributed by atoms with Gasteiger partial charge in [0, 0.05) is 29.5 Å². The second-order valence-corrected chi connectivity index (χ2v) is 10.8. The van der Waals surface area contributed by atoms with E-state index in [-0.39, 0.29) is 5.56 Å². The first-order valence-corrected chi connectivity index (χ1v) is 13.3. The number of benzene rings is 2. The van der Waals surface area contributed by atoms with E-state index < -0.39 is 0 Å². The molecule has 5 rings (SSSR count). The second-order valence-electron chi connectivity index (χ2n) is 8.43. The van der Waals surface area contributed by atoms with Gasteiger partial charge in [0.25, 0.3) is 5.56 Å². The van der Waals surface area contributed by atoms with Crippen LogP contribution in [0.4, 0.5) is 5.95 Å². The lowest BCUT2D eigenvalue weighted by atomic mass is 10.2. The van der Waals surface area contributed by atoms with Crippen LogP contribution in [0.1, 0.15) is 26.7 Å². The molecule has 0 bridgehead atoms. The molecule has 0 aliphatic heterocycles. The van der Waals surface area contributed by atoms with Gasteiger partial charge < -0.3 is 0 Å². The standard InChI is InChI=1S/C26H26N6O2S2/c1-17-24(36-18(2)28-17)15-34-30-26-29-23-10-9-21(35-16-19-7-5-4-6-8-19)11-22(23)25(33)32(26)14-20-12-27-31(3)13-20/h4-13H,14-16H2,1-3H3,(H,29,30). The fraction of sp³-hybridized carbons (Fsp3) is 0.231. The molecule has 0 atom stereocenters. The van der Waals surface area contributed by atoms with Gasteiger partial charge in [-0.05, 0) is 37.6 Å². The monoisotopic (exact) mass is 518 g/mol. The molecule has 0 radical (unpaired) electrons. The number of thioether (sulfide) groups is 1. The zero-order valence-electron chi connectivity index (χ0n) is 20.3. The molecule has 1 N–H and O–H groups in total. The van der Waals surface area contributed by atoms with Crippen molar-refractivity contribution in [1.82, 2.24) is 24.3 Å². The van der Waals surface area contributed by atoms with Crippen molar-refractivity contribution in [3.05, 3.63) is 98.0 Å². The normalized spacial score (nSPS) is 11.3. The number of hydrogen-bond donors (Lipinski definition) is 1. The van der Waals surface area contributed by atoms with E-state index >= 15 is 0 Å². The van der Waals surface area contributed by atoms with Crippen LogP contribution in [0.25, 0.3) is 10.9 Å². The number of anilines is 1. The topological polar surface area (TPSA) is 86.9 Å². The van der Waals surface area contributed by atoms with Crippen LogP contribution in [-0.2, 0) is 30.8 Å². The minimum Gasteiger partial charge on any atom is -0.275 e. The zero-order chi connectivity index (χ0) is 25.1. The molecule has 0 aliphatic rings. The largest absolute Gasteiger partial charge is 0.275 e. The van der Waals surface area contributed by atoms with Crippen LogP contribution >= 0.6 is 23.1 Å². The third-order valence-electron chi connectivity index (χ3n) is 5.64. The van der Waals surface area contributed by atoms with Gasteiger partial charge in [-0.15, -0.1) is 23.1 Å². The molecule has 0 amide bonds. The summed E-state index contributed by atoms with van der Waals surface area (Å²) in [7, 11) is 1.85. The Balaban J connectivity index is 1.44. The van der Waals surface area contributed by atoms with Gasteiger partial charge in [-0.1, -0.05) is 30.3 Å². The van der Waals surface area contributed by atoms with Gasteiger partial charge in [0.05, 0.1) is 39.2 Å². The molecule has 36 heavy (non-hydrogen) atoms. The molecule has 3 aromatic heterocycles. The molecule has 2 aromatic carbocycles. The summed E-state index contributed by atoms with van der Waals surface area (Å²) >= 11 is 3.29. The van der Waals surface area contributed by atoms with Crippen LogP contribution < -0.4 is 11.0 Å². The van der Waals surface area contributed by atoms with Crippen molar-refractivity contribution in [2.45, 2.75) is 37.6 Å². The highest BCUT2D eigenvalue weighted by Gasteiger charge is 2.14. The highest BCUT2D eigenvalue weighted by atomic mass is 32.2. The fourth-order valence-electron chi connectivity index (χ4n) is 3.86.